The summed E-state index contributed by atoms with van der Waals surface area (Å²) in [6.45, 7) is 5.36. The van der Waals surface area contributed by atoms with E-state index in [4.69, 9.17) is 21.1 Å². The van der Waals surface area contributed by atoms with E-state index in [0.29, 0.717) is 37.9 Å². The minimum atomic E-state index is -0.390. The molecule has 6 rings (SSSR count). The average molecular weight is 508 g/mol. The maximum Gasteiger partial charge on any atom is 0.129 e. The van der Waals surface area contributed by atoms with Gasteiger partial charge in [0.15, 0.2) is 0 Å². The highest BCUT2D eigenvalue weighted by Crippen LogP contribution is 2.33. The van der Waals surface area contributed by atoms with Crippen LogP contribution in [0.15, 0.2) is 61.1 Å². The van der Waals surface area contributed by atoms with Crippen LogP contribution in [0.5, 0.6) is 0 Å². The minimum Gasteiger partial charge on any atom is -0.376 e. The Labute approximate surface area is 213 Å². The Hall–Kier alpha value is -3.04. The van der Waals surface area contributed by atoms with E-state index in [1.807, 2.05) is 28.8 Å². The molecule has 2 aliphatic rings. The molecule has 186 valence electrons. The van der Waals surface area contributed by atoms with Gasteiger partial charge in [-0.05, 0) is 41.5 Å². The third-order valence-electron chi connectivity index (χ3n) is 6.82. The summed E-state index contributed by atoms with van der Waals surface area (Å²) >= 11 is 6.65. The maximum atomic E-state index is 13.7. The molecule has 0 saturated carbocycles. The van der Waals surface area contributed by atoms with Crippen LogP contribution in [-0.2, 0) is 16.0 Å². The summed E-state index contributed by atoms with van der Waals surface area (Å²) in [6, 6.07) is 14.7. The number of aromatic nitrogens is 3. The number of imidazole rings is 1. The molecule has 0 amide bonds. The molecule has 9 heteroatoms. The van der Waals surface area contributed by atoms with Crippen LogP contribution in [0.1, 0.15) is 5.56 Å². The van der Waals surface area contributed by atoms with Crippen LogP contribution in [0.4, 0.5) is 10.2 Å². The van der Waals surface area contributed by atoms with Gasteiger partial charge in [0.25, 0.3) is 0 Å². The fraction of sp³-hybridized carbons (Fsp3) is 0.333. The number of hydrogen-bond donors (Lipinski definition) is 1. The molecule has 2 aliphatic heterocycles. The van der Waals surface area contributed by atoms with Crippen molar-refractivity contribution in [2.75, 3.05) is 50.9 Å². The van der Waals surface area contributed by atoms with Crippen LogP contribution >= 0.6 is 11.6 Å². The lowest BCUT2D eigenvalue weighted by Crippen LogP contribution is -2.57. The minimum absolute atomic E-state index is 0.246. The van der Waals surface area contributed by atoms with Crippen LogP contribution in [0, 0.1) is 5.82 Å². The van der Waals surface area contributed by atoms with Crippen molar-refractivity contribution < 1.29 is 13.9 Å². The van der Waals surface area contributed by atoms with Crippen molar-refractivity contribution in [3.63, 3.8) is 0 Å². The van der Waals surface area contributed by atoms with Crippen molar-refractivity contribution in [2.45, 2.75) is 12.1 Å². The molecule has 0 bridgehead atoms. The third-order valence-corrected chi connectivity index (χ3v) is 7.12. The average Bonchev–Trinajstić information content (AvgIpc) is 3.17. The van der Waals surface area contributed by atoms with Crippen LogP contribution in [0.25, 0.3) is 22.2 Å². The molecule has 1 N–H and O–H groups in total. The van der Waals surface area contributed by atoms with Gasteiger partial charge in [-0.2, -0.15) is 0 Å². The van der Waals surface area contributed by atoms with Gasteiger partial charge in [-0.1, -0.05) is 29.8 Å². The number of hydrogen-bond acceptors (Lipinski definition) is 6. The maximum absolute atomic E-state index is 13.7. The van der Waals surface area contributed by atoms with E-state index >= 15 is 0 Å². The molecule has 1 unspecified atom stereocenters. The van der Waals surface area contributed by atoms with Crippen LogP contribution in [-0.4, -0.2) is 66.1 Å². The fourth-order valence-electron chi connectivity index (χ4n) is 5.01. The highest BCUT2D eigenvalue weighted by molar-refractivity contribution is 6.33. The summed E-state index contributed by atoms with van der Waals surface area (Å²) in [7, 11) is 0. The van der Waals surface area contributed by atoms with Gasteiger partial charge in [0.2, 0.25) is 0 Å². The SMILES string of the molecule is Fc1cccc(Cn2cnc3ccc(-c4cc(N5CCOCC6(CNCCO6)C5)ncc4Cl)cc32)c1. The molecule has 1 atom stereocenters. The second-order valence-corrected chi connectivity index (χ2v) is 9.82. The molecule has 7 nitrogen and oxygen atoms in total. The zero-order chi connectivity index (χ0) is 24.5. The van der Waals surface area contributed by atoms with Crippen molar-refractivity contribution in [2.24, 2.45) is 0 Å². The van der Waals surface area contributed by atoms with Crippen molar-refractivity contribution >= 4 is 28.5 Å². The number of nitrogens with one attached hydrogen (secondary N) is 1. The second-order valence-electron chi connectivity index (χ2n) is 9.41. The molecule has 2 aromatic heterocycles. The smallest absolute Gasteiger partial charge is 0.129 e. The first kappa shape index (κ1) is 23.4. The number of fused-ring (bicyclic) bond motifs is 1. The van der Waals surface area contributed by atoms with E-state index in [1.54, 1.807) is 24.7 Å². The number of pyridine rings is 1. The second kappa shape index (κ2) is 9.78. The fourth-order valence-corrected chi connectivity index (χ4v) is 5.22. The summed E-state index contributed by atoms with van der Waals surface area (Å²) in [5.74, 6) is 0.589. The van der Waals surface area contributed by atoms with E-state index in [9.17, 15) is 4.39 Å². The molecule has 2 fully saturated rings. The van der Waals surface area contributed by atoms with Gasteiger partial charge in [0, 0.05) is 37.9 Å². The molecule has 2 saturated heterocycles. The molecule has 2 aromatic carbocycles. The number of anilines is 1. The predicted molar refractivity (Wildman–Crippen MR) is 138 cm³/mol. The molecule has 4 aromatic rings. The standard InChI is InChI=1S/C27H27ClFN5O2/c28-23-13-31-26(33-7-9-35-17-27(16-33)15-30-6-8-36-27)12-22(23)20-4-5-24-25(11-20)34(18-32-24)14-19-2-1-3-21(29)10-19/h1-5,10-13,18,30H,6-9,14-17H2. The zero-order valence-corrected chi connectivity index (χ0v) is 20.5. The summed E-state index contributed by atoms with van der Waals surface area (Å²) in [5, 5.41) is 4.00. The normalized spacial score (nSPS) is 20.7. The highest BCUT2D eigenvalue weighted by atomic mass is 35.5. The zero-order valence-electron chi connectivity index (χ0n) is 19.8. The highest BCUT2D eigenvalue weighted by Gasteiger charge is 2.38. The van der Waals surface area contributed by atoms with E-state index in [1.165, 1.54) is 6.07 Å². The molecular weight excluding hydrogens is 481 g/mol. The lowest BCUT2D eigenvalue weighted by Gasteiger charge is -2.39. The summed E-state index contributed by atoms with van der Waals surface area (Å²) < 4.78 is 27.8. The number of ether oxygens (including phenoxy) is 2. The molecule has 4 heterocycles. The third kappa shape index (κ3) is 4.69. The number of morpholine rings is 1. The molecule has 36 heavy (non-hydrogen) atoms. The predicted octanol–water partition coefficient (Wildman–Crippen LogP) is 4.13. The van der Waals surface area contributed by atoms with Gasteiger partial charge in [-0.25, -0.2) is 14.4 Å². The van der Waals surface area contributed by atoms with Gasteiger partial charge in [-0.15, -0.1) is 0 Å². The van der Waals surface area contributed by atoms with Gasteiger partial charge in [-0.3, -0.25) is 0 Å². The van der Waals surface area contributed by atoms with E-state index < -0.39 is 5.60 Å². The van der Waals surface area contributed by atoms with Gasteiger partial charge < -0.3 is 24.3 Å². The van der Waals surface area contributed by atoms with Crippen LogP contribution in [0.2, 0.25) is 5.02 Å². The summed E-state index contributed by atoms with van der Waals surface area (Å²) in [6.07, 6.45) is 3.49. The largest absolute Gasteiger partial charge is 0.376 e. The van der Waals surface area contributed by atoms with E-state index in [-0.39, 0.29) is 5.82 Å². The number of nitrogens with zero attached hydrogens (tertiary/aromatic N) is 4. The molecule has 1 spiro atoms. The van der Waals surface area contributed by atoms with Crippen molar-refractivity contribution in [1.82, 2.24) is 19.9 Å². The van der Waals surface area contributed by atoms with E-state index in [0.717, 1.165) is 53.2 Å². The van der Waals surface area contributed by atoms with Crippen molar-refractivity contribution in [3.05, 3.63) is 77.5 Å². The Morgan fingerprint density at radius 3 is 2.92 bits per heavy atom. The Balaban J connectivity index is 1.32. The van der Waals surface area contributed by atoms with E-state index in [2.05, 4.69) is 26.3 Å². The molecular formula is C27H27ClFN5O2. The Bertz CT molecular complexity index is 1390. The Kier molecular flexibility index (Phi) is 6.35. The first-order chi connectivity index (χ1) is 17.6. The van der Waals surface area contributed by atoms with Crippen LogP contribution < -0.4 is 10.2 Å². The molecule has 0 aliphatic carbocycles. The Morgan fingerprint density at radius 2 is 2.06 bits per heavy atom. The number of rotatable bonds is 4. The Morgan fingerprint density at radius 1 is 1.11 bits per heavy atom. The summed E-state index contributed by atoms with van der Waals surface area (Å²) in [5.41, 5.74) is 4.17. The van der Waals surface area contributed by atoms with Crippen molar-refractivity contribution in [1.29, 1.82) is 0 Å². The number of benzene rings is 2. The molecule has 0 radical (unpaired) electrons. The number of halogens is 2. The van der Waals surface area contributed by atoms with Crippen LogP contribution in [0.3, 0.4) is 0 Å². The summed E-state index contributed by atoms with van der Waals surface area (Å²) in [4.78, 5) is 11.4. The first-order valence-electron chi connectivity index (χ1n) is 12.1. The monoisotopic (exact) mass is 507 g/mol. The van der Waals surface area contributed by atoms with Gasteiger partial charge >= 0.3 is 0 Å². The van der Waals surface area contributed by atoms with Gasteiger partial charge in [0.1, 0.15) is 17.2 Å². The van der Waals surface area contributed by atoms with Crippen molar-refractivity contribution in [3.8, 4) is 11.1 Å². The van der Waals surface area contributed by atoms with Gasteiger partial charge in [0.05, 0.1) is 48.7 Å². The first-order valence-corrected chi connectivity index (χ1v) is 12.5. The lowest BCUT2D eigenvalue weighted by molar-refractivity contribution is -0.0976. The quantitative estimate of drug-likeness (QED) is 0.448. The topological polar surface area (TPSA) is 64.4 Å². The lowest BCUT2D eigenvalue weighted by atomic mass is 10.0.